The molecule has 0 fully saturated rings. The smallest absolute Gasteiger partial charge is 0.247 e. The predicted molar refractivity (Wildman–Crippen MR) is 197 cm³/mol. The molecule has 11 aromatic rings. The van der Waals surface area contributed by atoms with Gasteiger partial charge in [0, 0.05) is 37.2 Å². The Bertz CT molecular complexity index is 3080. The number of para-hydroxylation sites is 2. The van der Waals surface area contributed by atoms with E-state index in [2.05, 4.69) is 120 Å². The minimum atomic E-state index is 0.540. The quantitative estimate of drug-likeness (QED) is 0.194. The first-order chi connectivity index (χ1) is 23.3. The van der Waals surface area contributed by atoms with Crippen LogP contribution < -0.4 is 0 Å². The molecular formula is C42H23N3OS. The lowest BCUT2D eigenvalue weighted by Gasteiger charge is -2.13. The lowest BCUT2D eigenvalue weighted by Crippen LogP contribution is -2.03. The molecule has 0 saturated carbocycles. The van der Waals surface area contributed by atoms with Crippen molar-refractivity contribution >= 4 is 97.1 Å². The molecule has 4 heterocycles. The third-order valence-electron chi connectivity index (χ3n) is 9.59. The Morgan fingerprint density at radius 3 is 2.06 bits per heavy atom. The van der Waals surface area contributed by atoms with E-state index in [0.717, 1.165) is 44.6 Å². The van der Waals surface area contributed by atoms with Gasteiger partial charge in [0.2, 0.25) is 5.71 Å². The summed E-state index contributed by atoms with van der Waals surface area (Å²) in [6, 6.07) is 49.3. The van der Waals surface area contributed by atoms with Crippen LogP contribution in [0.5, 0.6) is 0 Å². The van der Waals surface area contributed by atoms with Crippen molar-refractivity contribution in [2.45, 2.75) is 0 Å². The molecule has 47 heavy (non-hydrogen) atoms. The molecule has 11 rings (SSSR count). The SMILES string of the molecule is c1ccc(-c2nc3oc4ccccc4c3nc2-n2c3ccccc3c3c4ccccc4c4c(sc5ccc6ccccc6c54)c32)cc1. The number of rotatable bonds is 2. The van der Waals surface area contributed by atoms with Gasteiger partial charge in [-0.3, -0.25) is 4.57 Å². The maximum Gasteiger partial charge on any atom is 0.247 e. The number of hydrogen-bond donors (Lipinski definition) is 0. The topological polar surface area (TPSA) is 43.9 Å². The first-order valence-electron chi connectivity index (χ1n) is 15.8. The van der Waals surface area contributed by atoms with E-state index in [1.807, 2.05) is 35.6 Å². The number of thiophene rings is 1. The fraction of sp³-hybridized carbons (Fsp3) is 0. The second-order valence-electron chi connectivity index (χ2n) is 12.1. The van der Waals surface area contributed by atoms with Crippen molar-refractivity contribution < 1.29 is 4.42 Å². The summed E-state index contributed by atoms with van der Waals surface area (Å²) in [6.45, 7) is 0. The first-order valence-corrected chi connectivity index (χ1v) is 16.6. The maximum absolute atomic E-state index is 6.29. The highest BCUT2D eigenvalue weighted by atomic mass is 32.1. The van der Waals surface area contributed by atoms with Crippen molar-refractivity contribution in [1.29, 1.82) is 0 Å². The lowest BCUT2D eigenvalue weighted by molar-refractivity contribution is 0.653. The lowest BCUT2D eigenvalue weighted by atomic mass is 9.96. The normalized spacial score (nSPS) is 12.3. The van der Waals surface area contributed by atoms with Crippen molar-refractivity contribution in [2.75, 3.05) is 0 Å². The Balaban J connectivity index is 1.42. The minimum Gasteiger partial charge on any atom is -0.436 e. The van der Waals surface area contributed by atoms with Gasteiger partial charge >= 0.3 is 0 Å². The van der Waals surface area contributed by atoms with Crippen molar-refractivity contribution in [1.82, 2.24) is 14.5 Å². The van der Waals surface area contributed by atoms with Crippen LogP contribution in [-0.2, 0) is 0 Å². The zero-order valence-electron chi connectivity index (χ0n) is 24.9. The average molecular weight is 618 g/mol. The first kappa shape index (κ1) is 25.2. The third kappa shape index (κ3) is 3.36. The predicted octanol–water partition coefficient (Wildman–Crippen LogP) is 11.8. The number of furan rings is 1. The van der Waals surface area contributed by atoms with Crippen LogP contribution in [0.25, 0.3) is 103 Å². The second-order valence-corrected chi connectivity index (χ2v) is 13.2. The van der Waals surface area contributed by atoms with Gasteiger partial charge < -0.3 is 4.42 Å². The van der Waals surface area contributed by atoms with Gasteiger partial charge in [-0.15, -0.1) is 11.3 Å². The number of nitrogens with zero attached hydrogens (tertiary/aromatic N) is 3. The summed E-state index contributed by atoms with van der Waals surface area (Å²) >= 11 is 1.87. The van der Waals surface area contributed by atoms with Gasteiger partial charge in [-0.2, -0.15) is 0 Å². The fourth-order valence-electron chi connectivity index (χ4n) is 7.62. The van der Waals surface area contributed by atoms with Crippen LogP contribution in [-0.4, -0.2) is 14.5 Å². The molecule has 0 aliphatic heterocycles. The number of aromatic nitrogens is 3. The van der Waals surface area contributed by atoms with Crippen molar-refractivity contribution in [3.63, 3.8) is 0 Å². The van der Waals surface area contributed by atoms with Crippen molar-refractivity contribution in [2.24, 2.45) is 0 Å². The molecule has 0 amide bonds. The van der Waals surface area contributed by atoms with E-state index >= 15 is 0 Å². The van der Waals surface area contributed by atoms with E-state index in [4.69, 9.17) is 14.4 Å². The number of fused-ring (bicyclic) bond motifs is 15. The summed E-state index contributed by atoms with van der Waals surface area (Å²) in [5.41, 5.74) is 6.12. The molecule has 0 radical (unpaired) electrons. The molecule has 7 aromatic carbocycles. The zero-order valence-corrected chi connectivity index (χ0v) is 25.8. The minimum absolute atomic E-state index is 0.540. The van der Waals surface area contributed by atoms with E-state index in [9.17, 15) is 0 Å². The van der Waals surface area contributed by atoms with Gasteiger partial charge in [0.1, 0.15) is 16.8 Å². The van der Waals surface area contributed by atoms with Crippen molar-refractivity contribution in [3.05, 3.63) is 140 Å². The van der Waals surface area contributed by atoms with Crippen LogP contribution in [0.15, 0.2) is 144 Å². The molecule has 0 bridgehead atoms. The molecule has 0 atom stereocenters. The summed E-state index contributed by atoms with van der Waals surface area (Å²) in [7, 11) is 0. The van der Waals surface area contributed by atoms with Gasteiger partial charge in [0.15, 0.2) is 5.82 Å². The highest BCUT2D eigenvalue weighted by Gasteiger charge is 2.26. The van der Waals surface area contributed by atoms with Gasteiger partial charge in [-0.1, -0.05) is 115 Å². The largest absolute Gasteiger partial charge is 0.436 e. The Labute approximate surface area is 271 Å². The third-order valence-corrected chi connectivity index (χ3v) is 10.8. The van der Waals surface area contributed by atoms with E-state index < -0.39 is 0 Å². The molecule has 0 aliphatic carbocycles. The second kappa shape index (κ2) is 9.25. The molecule has 0 saturated heterocycles. The summed E-state index contributed by atoms with van der Waals surface area (Å²) < 4.78 is 11.2. The van der Waals surface area contributed by atoms with E-state index in [1.54, 1.807) is 0 Å². The van der Waals surface area contributed by atoms with Crippen molar-refractivity contribution in [3.8, 4) is 17.1 Å². The molecular weight excluding hydrogens is 595 g/mol. The van der Waals surface area contributed by atoms with Gasteiger partial charge in [-0.05, 0) is 45.8 Å². The van der Waals surface area contributed by atoms with Gasteiger partial charge in [0.25, 0.3) is 0 Å². The summed E-state index contributed by atoms with van der Waals surface area (Å²) in [4.78, 5) is 10.7. The zero-order chi connectivity index (χ0) is 30.6. The monoisotopic (exact) mass is 617 g/mol. The average Bonchev–Trinajstić information content (AvgIpc) is 3.81. The van der Waals surface area contributed by atoms with E-state index in [-0.39, 0.29) is 0 Å². The van der Waals surface area contributed by atoms with Crippen LogP contribution in [0.4, 0.5) is 0 Å². The number of benzene rings is 7. The fourth-order valence-corrected chi connectivity index (χ4v) is 8.89. The molecule has 0 N–H and O–H groups in total. The Kier molecular flexibility index (Phi) is 4.96. The Hall–Kier alpha value is -6.04. The molecule has 0 aliphatic rings. The Morgan fingerprint density at radius 2 is 1.21 bits per heavy atom. The van der Waals surface area contributed by atoms with Crippen LogP contribution in [0, 0.1) is 0 Å². The van der Waals surface area contributed by atoms with Gasteiger partial charge in [0.05, 0.1) is 15.7 Å². The highest BCUT2D eigenvalue weighted by Crippen LogP contribution is 2.49. The highest BCUT2D eigenvalue weighted by molar-refractivity contribution is 7.27. The van der Waals surface area contributed by atoms with E-state index in [1.165, 1.54) is 52.5 Å². The summed E-state index contributed by atoms with van der Waals surface area (Å²) in [5, 5.41) is 11.0. The molecule has 4 nitrogen and oxygen atoms in total. The molecule has 4 aromatic heterocycles. The summed E-state index contributed by atoms with van der Waals surface area (Å²) in [6.07, 6.45) is 0. The van der Waals surface area contributed by atoms with E-state index in [0.29, 0.717) is 5.71 Å². The van der Waals surface area contributed by atoms with Crippen LogP contribution in [0.1, 0.15) is 0 Å². The molecule has 5 heteroatoms. The standard InChI is InChI=1S/C42H23N3OS/c1-2-13-25(14-3-1)37-41(43-38-30-19-9-11-21-32(30)46-42(38)44-37)45-31-20-10-8-18-29(31)34-27-16-6-7-17-28(27)36-35-26-15-5-4-12-24(26)22-23-33(35)47-40(36)39(34)45/h1-23H. The molecule has 218 valence electrons. The molecule has 0 unspecified atom stereocenters. The maximum atomic E-state index is 6.29. The number of hydrogen-bond acceptors (Lipinski definition) is 4. The van der Waals surface area contributed by atoms with Crippen LogP contribution >= 0.6 is 11.3 Å². The van der Waals surface area contributed by atoms with Crippen LogP contribution in [0.3, 0.4) is 0 Å². The van der Waals surface area contributed by atoms with Gasteiger partial charge in [-0.25, -0.2) is 9.97 Å². The summed E-state index contributed by atoms with van der Waals surface area (Å²) in [5.74, 6) is 0.792. The van der Waals surface area contributed by atoms with Crippen LogP contribution in [0.2, 0.25) is 0 Å². The molecule has 0 spiro atoms. The Morgan fingerprint density at radius 1 is 0.532 bits per heavy atom.